The largest absolute Gasteiger partial charge is 0.355 e. The van der Waals surface area contributed by atoms with E-state index >= 15 is 0 Å². The van der Waals surface area contributed by atoms with Crippen LogP contribution in [0.5, 0.6) is 0 Å². The van der Waals surface area contributed by atoms with Gasteiger partial charge in [-0.05, 0) is 32.1 Å². The Morgan fingerprint density at radius 1 is 0.536 bits per heavy atom. The highest BCUT2D eigenvalue weighted by atomic mass is 35.5. The number of alkyl halides is 1. The van der Waals surface area contributed by atoms with Crippen LogP contribution in [0.3, 0.4) is 0 Å². The van der Waals surface area contributed by atoms with E-state index in [1.54, 1.807) is 0 Å². The molecule has 3 heteroatoms. The van der Waals surface area contributed by atoms with Crippen molar-refractivity contribution in [2.24, 2.45) is 0 Å². The minimum atomic E-state index is 0.454. The molecule has 0 aliphatic heterocycles. The lowest BCUT2D eigenvalue weighted by molar-refractivity contribution is -0.0531. The molecular weight excluding hydrogens is 368 g/mol. The summed E-state index contributed by atoms with van der Waals surface area (Å²) in [5.74, 6) is 0.823. The third kappa shape index (κ3) is 26.0. The predicted molar refractivity (Wildman–Crippen MR) is 125 cm³/mol. The number of hydrogen-bond donors (Lipinski definition) is 0. The quantitative estimate of drug-likeness (QED) is 0.0676. The smallest absolute Gasteiger partial charge is 0.146 e. The highest BCUT2D eigenvalue weighted by Crippen LogP contribution is 2.10. The molecule has 0 aliphatic rings. The molecule has 2 nitrogen and oxygen atoms in total. The highest BCUT2D eigenvalue weighted by Gasteiger charge is 1.93. The summed E-state index contributed by atoms with van der Waals surface area (Å²) >= 11 is 5.68. The Hall–Kier alpha value is -0.0500. The third-order valence-corrected chi connectivity index (χ3v) is 5.43. The molecule has 0 saturated heterocycles. The summed E-state index contributed by atoms with van der Waals surface area (Å²) in [6, 6.07) is 0. The molecule has 0 radical (unpaired) electrons. The van der Waals surface area contributed by atoms with Gasteiger partial charge in [-0.1, -0.05) is 103 Å². The van der Waals surface area contributed by atoms with Crippen molar-refractivity contribution >= 4 is 11.6 Å². The van der Waals surface area contributed by atoms with Crippen molar-refractivity contribution in [2.75, 3.05) is 25.9 Å². The predicted octanol–water partition coefficient (Wildman–Crippen LogP) is 8.81. The van der Waals surface area contributed by atoms with Gasteiger partial charge in [-0.15, -0.1) is 11.6 Å². The molecule has 0 spiro atoms. The highest BCUT2D eigenvalue weighted by molar-refractivity contribution is 6.17. The minimum absolute atomic E-state index is 0.454. The average Bonchev–Trinajstić information content (AvgIpc) is 2.71. The maximum absolute atomic E-state index is 5.68. The van der Waals surface area contributed by atoms with Gasteiger partial charge in [0.1, 0.15) is 6.79 Å². The number of ether oxygens (including phenoxy) is 2. The zero-order valence-corrected chi connectivity index (χ0v) is 19.7. The van der Waals surface area contributed by atoms with Crippen molar-refractivity contribution < 1.29 is 9.47 Å². The summed E-state index contributed by atoms with van der Waals surface area (Å²) < 4.78 is 11.1. The number of hydrogen-bond acceptors (Lipinski definition) is 2. The summed E-state index contributed by atoms with van der Waals surface area (Å²) in [5.41, 5.74) is 0. The molecular formula is C25H49ClO2. The maximum atomic E-state index is 5.68. The van der Waals surface area contributed by atoms with E-state index in [1.807, 2.05) is 0 Å². The van der Waals surface area contributed by atoms with Crippen LogP contribution in [0.25, 0.3) is 0 Å². The number of allylic oxidation sites excluding steroid dienone is 1. The molecule has 0 atom stereocenters. The average molecular weight is 417 g/mol. The van der Waals surface area contributed by atoms with Gasteiger partial charge in [0.2, 0.25) is 0 Å². The van der Waals surface area contributed by atoms with Crippen LogP contribution < -0.4 is 0 Å². The molecule has 28 heavy (non-hydrogen) atoms. The Morgan fingerprint density at radius 3 is 1.68 bits per heavy atom. The summed E-state index contributed by atoms with van der Waals surface area (Å²) in [7, 11) is 0. The van der Waals surface area contributed by atoms with Gasteiger partial charge < -0.3 is 9.47 Å². The van der Waals surface area contributed by atoms with E-state index in [-0.39, 0.29) is 0 Å². The second-order valence-corrected chi connectivity index (χ2v) is 8.35. The van der Waals surface area contributed by atoms with Gasteiger partial charge >= 0.3 is 0 Å². The van der Waals surface area contributed by atoms with Gasteiger partial charge in [0.25, 0.3) is 0 Å². The Morgan fingerprint density at radius 2 is 1.04 bits per heavy atom. The summed E-state index contributed by atoms with van der Waals surface area (Å²) in [6.07, 6.45) is 28.2. The molecule has 168 valence electrons. The van der Waals surface area contributed by atoms with Gasteiger partial charge in [-0.2, -0.15) is 0 Å². The first-order valence-electron chi connectivity index (χ1n) is 12.3. The molecule has 0 saturated carbocycles. The van der Waals surface area contributed by atoms with Crippen LogP contribution in [0.2, 0.25) is 0 Å². The van der Waals surface area contributed by atoms with Crippen LogP contribution in [0.4, 0.5) is 0 Å². The molecule has 0 aliphatic carbocycles. The van der Waals surface area contributed by atoms with Crippen molar-refractivity contribution in [1.82, 2.24) is 0 Å². The second kappa shape index (κ2) is 27.0. The van der Waals surface area contributed by atoms with E-state index < -0.39 is 0 Å². The molecule has 0 amide bonds. The first kappa shape index (κ1) is 27.9. The number of rotatable bonds is 24. The monoisotopic (exact) mass is 416 g/mol. The van der Waals surface area contributed by atoms with Crippen molar-refractivity contribution in [1.29, 1.82) is 0 Å². The lowest BCUT2D eigenvalue weighted by Gasteiger charge is -2.05. The number of unbranched alkanes of at least 4 members (excludes halogenated alkanes) is 15. The van der Waals surface area contributed by atoms with E-state index in [2.05, 4.69) is 19.1 Å². The van der Waals surface area contributed by atoms with Gasteiger partial charge in [0, 0.05) is 12.5 Å². The third-order valence-electron chi connectivity index (χ3n) is 5.16. The van der Waals surface area contributed by atoms with Crippen LogP contribution in [0, 0.1) is 0 Å². The van der Waals surface area contributed by atoms with Crippen LogP contribution in [-0.4, -0.2) is 25.9 Å². The molecule has 0 bridgehead atoms. The first-order valence-corrected chi connectivity index (χ1v) is 12.8. The lowest BCUT2D eigenvalue weighted by Crippen LogP contribution is -2.02. The maximum Gasteiger partial charge on any atom is 0.146 e. The van der Waals surface area contributed by atoms with E-state index in [1.165, 1.54) is 109 Å². The molecule has 0 unspecified atom stereocenters. The van der Waals surface area contributed by atoms with Crippen LogP contribution in [0.1, 0.15) is 122 Å². The normalized spacial score (nSPS) is 11.6. The SMILES string of the molecule is CCCCCCCCCCOCOCCC=CCCCCCCCCCCCl. The lowest BCUT2D eigenvalue weighted by atomic mass is 10.1. The molecule has 0 aromatic carbocycles. The number of halogens is 1. The van der Waals surface area contributed by atoms with Crippen molar-refractivity contribution in [3.63, 3.8) is 0 Å². The van der Waals surface area contributed by atoms with E-state index in [4.69, 9.17) is 21.1 Å². The Balaban J connectivity index is 3.05. The van der Waals surface area contributed by atoms with E-state index in [9.17, 15) is 0 Å². The molecule has 0 heterocycles. The fraction of sp³-hybridized carbons (Fsp3) is 0.920. The molecule has 0 N–H and O–H groups in total. The summed E-state index contributed by atoms with van der Waals surface area (Å²) in [4.78, 5) is 0. The van der Waals surface area contributed by atoms with Crippen LogP contribution >= 0.6 is 11.6 Å². The van der Waals surface area contributed by atoms with Gasteiger partial charge in [-0.3, -0.25) is 0 Å². The standard InChI is InChI=1S/C25H49ClO2/c1-2-3-4-5-6-14-17-20-23-27-25-28-24-21-18-15-12-10-8-7-9-11-13-16-19-22-26/h15,18H,2-14,16-17,19-25H2,1H3. The second-order valence-electron chi connectivity index (χ2n) is 7.98. The fourth-order valence-electron chi connectivity index (χ4n) is 3.32. The minimum Gasteiger partial charge on any atom is -0.355 e. The molecule has 0 rings (SSSR count). The van der Waals surface area contributed by atoms with Crippen LogP contribution in [-0.2, 0) is 9.47 Å². The molecule has 0 aromatic rings. The molecule has 0 aromatic heterocycles. The van der Waals surface area contributed by atoms with Gasteiger partial charge in [0.05, 0.1) is 6.61 Å². The Bertz CT molecular complexity index is 294. The summed E-state index contributed by atoms with van der Waals surface area (Å²) in [6.45, 7) is 4.34. The van der Waals surface area contributed by atoms with Crippen LogP contribution in [0.15, 0.2) is 12.2 Å². The first-order chi connectivity index (χ1) is 13.9. The zero-order valence-electron chi connectivity index (χ0n) is 18.9. The van der Waals surface area contributed by atoms with E-state index in [0.29, 0.717) is 6.79 Å². The van der Waals surface area contributed by atoms with Gasteiger partial charge in [0.15, 0.2) is 0 Å². The molecule has 0 fully saturated rings. The van der Waals surface area contributed by atoms with Crippen molar-refractivity contribution in [3.05, 3.63) is 12.2 Å². The van der Waals surface area contributed by atoms with Crippen molar-refractivity contribution in [3.8, 4) is 0 Å². The zero-order chi connectivity index (χ0) is 20.4. The van der Waals surface area contributed by atoms with E-state index in [0.717, 1.165) is 25.5 Å². The summed E-state index contributed by atoms with van der Waals surface area (Å²) in [5, 5.41) is 0. The Kier molecular flexibility index (Phi) is 26.9. The van der Waals surface area contributed by atoms with Crippen molar-refractivity contribution in [2.45, 2.75) is 122 Å². The van der Waals surface area contributed by atoms with Gasteiger partial charge in [-0.25, -0.2) is 0 Å². The topological polar surface area (TPSA) is 18.5 Å². The Labute approximate surface area is 181 Å². The fourth-order valence-corrected chi connectivity index (χ4v) is 3.51.